The van der Waals surface area contributed by atoms with Crippen LogP contribution in [0.4, 0.5) is 4.79 Å². The molecule has 1 aliphatic heterocycles. The molecule has 3 fully saturated rings. The molecule has 4 aliphatic rings. The van der Waals surface area contributed by atoms with Gasteiger partial charge < -0.3 is 39.6 Å². The lowest BCUT2D eigenvalue weighted by atomic mass is 9.40. The second-order valence-electron chi connectivity index (χ2n) is 17.7. The summed E-state index contributed by atoms with van der Waals surface area (Å²) >= 11 is 0. The van der Waals surface area contributed by atoms with E-state index in [2.05, 4.69) is 5.32 Å². The number of aliphatic hydroxyl groups is 3. The van der Waals surface area contributed by atoms with Gasteiger partial charge in [0.05, 0.1) is 29.8 Å². The average Bonchev–Trinajstić information content (AvgIpc) is 3.07. The fraction of sp³-hybridized carbons (Fsp3) is 0.707. The minimum Gasteiger partial charge on any atom is -0.455 e. The molecule has 1 heterocycles. The zero-order valence-corrected chi connectivity index (χ0v) is 32.9. The Morgan fingerprint density at radius 3 is 2.28 bits per heavy atom. The number of ether oxygens (including phenoxy) is 4. The number of alkyl carbamates (subject to hydrolysis) is 1. The van der Waals surface area contributed by atoms with Gasteiger partial charge in [-0.2, -0.15) is 0 Å². The lowest BCUT2D eigenvalue weighted by Crippen LogP contribution is -2.75. The van der Waals surface area contributed by atoms with E-state index in [-0.39, 0.29) is 30.9 Å². The number of ketones is 1. The van der Waals surface area contributed by atoms with Gasteiger partial charge in [0, 0.05) is 30.1 Å². The zero-order chi connectivity index (χ0) is 39.5. The van der Waals surface area contributed by atoms with Gasteiger partial charge in [-0.05, 0) is 69.6 Å². The quantitative estimate of drug-likeness (QED) is 0.150. The predicted octanol–water partition coefficient (Wildman–Crippen LogP) is 5.12. The number of unbranched alkanes of at least 4 members (excludes halogenated alkanes) is 1. The van der Waals surface area contributed by atoms with Gasteiger partial charge >= 0.3 is 18.0 Å². The molecule has 0 aromatic heterocycles. The Morgan fingerprint density at radius 1 is 1.08 bits per heavy atom. The van der Waals surface area contributed by atoms with E-state index >= 15 is 0 Å². The van der Waals surface area contributed by atoms with E-state index in [0.29, 0.717) is 30.6 Å². The Labute approximate surface area is 313 Å². The van der Waals surface area contributed by atoms with Gasteiger partial charge in [-0.15, -0.1) is 0 Å². The van der Waals surface area contributed by atoms with Gasteiger partial charge in [0.15, 0.2) is 5.78 Å². The molecule has 2 saturated carbocycles. The summed E-state index contributed by atoms with van der Waals surface area (Å²) in [4.78, 5) is 55.5. The number of benzene rings is 1. The van der Waals surface area contributed by atoms with Crippen molar-refractivity contribution < 1.29 is 53.4 Å². The number of fused-ring (bicyclic) bond motifs is 5. The van der Waals surface area contributed by atoms with E-state index in [1.54, 1.807) is 78.8 Å². The van der Waals surface area contributed by atoms with Crippen LogP contribution in [0.1, 0.15) is 113 Å². The molecular weight excluding hydrogens is 682 g/mol. The molecular formula is C41H59NO11. The molecule has 1 unspecified atom stereocenters. The first kappa shape index (κ1) is 40.9. The van der Waals surface area contributed by atoms with Crippen molar-refractivity contribution in [3.05, 3.63) is 47.0 Å². The third-order valence-electron chi connectivity index (χ3n) is 12.9. The Bertz CT molecular complexity index is 1620. The van der Waals surface area contributed by atoms with Gasteiger partial charge in [-0.3, -0.25) is 9.59 Å². The van der Waals surface area contributed by atoms with Gasteiger partial charge in [-0.25, -0.2) is 9.59 Å². The highest BCUT2D eigenvalue weighted by Crippen LogP contribution is 2.66. The molecule has 12 nitrogen and oxygen atoms in total. The number of esters is 2. The standard InChI is InChI=1S/C41H59NO11/c1-11-12-18-28(44)52-32(30(24-16-14-13-15-17-24)42-36(48)53-37(4,5)6)35(47)51-25-20-41(49)23(3)33-39(9)21-50-27(39)19-26(43)40(33,10)34(46)31(45)29(22(25)2)38(41,7)8/h13-17,23,25-27,30-33,43,45,49H,11-12,18-21H2,1-10H3,(H,42,48)/t23-,25-,26-,27+,30-,31+,32+,33?,39+,40+,41+/m0/s1. The lowest BCUT2D eigenvalue weighted by Gasteiger charge is -2.68. The number of Topliss-reactive ketones (excluding diaryl/α,β-unsaturated/α-hetero) is 1. The van der Waals surface area contributed by atoms with Crippen LogP contribution in [0.15, 0.2) is 41.5 Å². The van der Waals surface area contributed by atoms with Crippen molar-refractivity contribution in [3.63, 3.8) is 0 Å². The first-order chi connectivity index (χ1) is 24.5. The van der Waals surface area contributed by atoms with E-state index in [9.17, 15) is 34.5 Å². The fourth-order valence-electron chi connectivity index (χ4n) is 9.98. The maximum absolute atomic E-state index is 14.6. The minimum atomic E-state index is -1.72. The molecule has 1 saturated heterocycles. The zero-order valence-electron chi connectivity index (χ0n) is 32.9. The highest BCUT2D eigenvalue weighted by molar-refractivity contribution is 5.93. The van der Waals surface area contributed by atoms with Gasteiger partial charge in [-0.1, -0.05) is 71.4 Å². The molecule has 3 aliphatic carbocycles. The molecule has 2 bridgehead atoms. The molecule has 1 aromatic carbocycles. The number of amides is 1. The topological polar surface area (TPSA) is 178 Å². The van der Waals surface area contributed by atoms with Crippen molar-refractivity contribution in [2.45, 2.75) is 149 Å². The number of carbonyl (C=O) groups excluding carboxylic acids is 4. The maximum atomic E-state index is 14.6. The van der Waals surface area contributed by atoms with Crippen LogP contribution >= 0.6 is 0 Å². The Hall–Kier alpha value is -3.32. The summed E-state index contributed by atoms with van der Waals surface area (Å²) in [5, 5.41) is 39.3. The SMILES string of the molecule is CCCCC(=O)O[C@@H](C(=O)O[C@H]1C[C@@]2(O)[C@@H](C)C3[C@]4(C)CO[C@@H]4C[C@H](O)[C@@]3(C)C(=O)[C@H](O)C(=C1C)C2(C)C)[C@@H](NC(=O)OC(C)(C)C)c1ccccc1. The smallest absolute Gasteiger partial charge is 0.408 e. The van der Waals surface area contributed by atoms with Crippen LogP contribution < -0.4 is 5.32 Å². The number of aliphatic hydroxyl groups excluding tert-OH is 2. The van der Waals surface area contributed by atoms with Crippen molar-refractivity contribution in [1.82, 2.24) is 5.32 Å². The van der Waals surface area contributed by atoms with Crippen LogP contribution in [0.2, 0.25) is 0 Å². The molecule has 294 valence electrons. The van der Waals surface area contributed by atoms with Crippen molar-refractivity contribution >= 4 is 23.8 Å². The van der Waals surface area contributed by atoms with Crippen molar-refractivity contribution in [2.75, 3.05) is 6.61 Å². The van der Waals surface area contributed by atoms with E-state index in [4.69, 9.17) is 18.9 Å². The summed E-state index contributed by atoms with van der Waals surface area (Å²) in [6.07, 6.45) is -5.50. The molecule has 53 heavy (non-hydrogen) atoms. The Balaban J connectivity index is 1.59. The number of rotatable bonds is 9. The van der Waals surface area contributed by atoms with Crippen molar-refractivity contribution in [2.24, 2.45) is 28.1 Å². The molecule has 12 heteroatoms. The summed E-state index contributed by atoms with van der Waals surface area (Å²) in [7, 11) is 0. The second kappa shape index (κ2) is 14.4. The van der Waals surface area contributed by atoms with Crippen LogP contribution in [-0.4, -0.2) is 87.5 Å². The van der Waals surface area contributed by atoms with E-state index in [1.165, 1.54) is 0 Å². The van der Waals surface area contributed by atoms with Crippen LogP contribution in [0.25, 0.3) is 0 Å². The average molecular weight is 742 g/mol. The van der Waals surface area contributed by atoms with Crippen molar-refractivity contribution in [1.29, 1.82) is 0 Å². The van der Waals surface area contributed by atoms with Crippen LogP contribution in [0.3, 0.4) is 0 Å². The summed E-state index contributed by atoms with van der Waals surface area (Å²) < 4.78 is 23.5. The monoisotopic (exact) mass is 741 g/mol. The van der Waals surface area contributed by atoms with E-state index < -0.39 is 93.6 Å². The normalized spacial score (nSPS) is 36.0. The lowest BCUT2D eigenvalue weighted by molar-refractivity contribution is -0.302. The van der Waals surface area contributed by atoms with Gasteiger partial charge in [0.1, 0.15) is 23.9 Å². The molecule has 5 rings (SSSR count). The highest BCUT2D eigenvalue weighted by Gasteiger charge is 2.73. The minimum absolute atomic E-state index is 0.0238. The summed E-state index contributed by atoms with van der Waals surface area (Å²) in [5.41, 5.74) is -4.66. The van der Waals surface area contributed by atoms with Gasteiger partial charge in [0.2, 0.25) is 6.10 Å². The van der Waals surface area contributed by atoms with Crippen LogP contribution in [0.5, 0.6) is 0 Å². The summed E-state index contributed by atoms with van der Waals surface area (Å²) in [5.74, 6) is -3.47. The molecule has 11 atom stereocenters. The third-order valence-corrected chi connectivity index (χ3v) is 12.9. The third kappa shape index (κ3) is 6.93. The van der Waals surface area contributed by atoms with Crippen LogP contribution in [0, 0.1) is 28.1 Å². The first-order valence-corrected chi connectivity index (χ1v) is 18.9. The fourth-order valence-corrected chi connectivity index (χ4v) is 9.98. The molecule has 0 spiro atoms. The number of hydrogen-bond acceptors (Lipinski definition) is 11. The van der Waals surface area contributed by atoms with Crippen LogP contribution in [-0.2, 0) is 33.3 Å². The molecule has 1 amide bonds. The van der Waals surface area contributed by atoms with E-state index in [0.717, 1.165) is 0 Å². The summed E-state index contributed by atoms with van der Waals surface area (Å²) in [6.45, 7) is 18.1. The van der Waals surface area contributed by atoms with Crippen molar-refractivity contribution in [3.8, 4) is 0 Å². The number of nitrogens with one attached hydrogen (secondary N) is 1. The first-order valence-electron chi connectivity index (χ1n) is 18.9. The second-order valence-corrected chi connectivity index (χ2v) is 17.7. The maximum Gasteiger partial charge on any atom is 0.408 e. The van der Waals surface area contributed by atoms with E-state index in [1.807, 2.05) is 20.8 Å². The number of carbonyl (C=O) groups is 4. The van der Waals surface area contributed by atoms with Gasteiger partial charge in [0.25, 0.3) is 0 Å². The number of hydrogen-bond donors (Lipinski definition) is 4. The highest BCUT2D eigenvalue weighted by atomic mass is 16.6. The Morgan fingerprint density at radius 2 is 1.72 bits per heavy atom. The Kier molecular flexibility index (Phi) is 11.1. The molecule has 1 aromatic rings. The largest absolute Gasteiger partial charge is 0.455 e. The molecule has 4 N–H and O–H groups in total. The predicted molar refractivity (Wildman–Crippen MR) is 194 cm³/mol. The molecule has 0 radical (unpaired) electrons. The summed E-state index contributed by atoms with van der Waals surface area (Å²) in [6, 6.07) is 7.33.